The Kier molecular flexibility index (Phi) is 3.69. The summed E-state index contributed by atoms with van der Waals surface area (Å²) in [6, 6.07) is 3.83. The Morgan fingerprint density at radius 1 is 1.60 bits per heavy atom. The molecule has 2 aromatic heterocycles. The van der Waals surface area contributed by atoms with Crippen LogP contribution < -0.4 is 0 Å². The zero-order valence-electron chi connectivity index (χ0n) is 11.6. The van der Waals surface area contributed by atoms with Crippen molar-refractivity contribution in [3.63, 3.8) is 0 Å². The lowest BCUT2D eigenvalue weighted by molar-refractivity contribution is 0.0460. The number of amides is 1. The number of aromatic amines is 1. The van der Waals surface area contributed by atoms with Gasteiger partial charge >= 0.3 is 0 Å². The smallest absolute Gasteiger partial charge is 0.255 e. The quantitative estimate of drug-likeness (QED) is 0.912. The van der Waals surface area contributed by atoms with E-state index in [0.717, 1.165) is 37.0 Å². The maximum atomic E-state index is 12.6. The third kappa shape index (κ3) is 2.54. The molecular formula is C15H19N3O2. The van der Waals surface area contributed by atoms with Crippen LogP contribution in [0.2, 0.25) is 0 Å². The van der Waals surface area contributed by atoms with Crippen LogP contribution in [0.1, 0.15) is 30.1 Å². The number of aromatic nitrogens is 2. The van der Waals surface area contributed by atoms with E-state index in [1.807, 2.05) is 23.2 Å². The largest absolute Gasteiger partial charge is 0.376 e. The highest BCUT2D eigenvalue weighted by atomic mass is 16.5. The number of H-pyrrole nitrogens is 1. The molecule has 1 fully saturated rings. The number of hydrogen-bond donors (Lipinski definition) is 1. The monoisotopic (exact) mass is 273 g/mol. The average molecular weight is 273 g/mol. The number of ether oxygens (including phenoxy) is 1. The first-order valence-corrected chi connectivity index (χ1v) is 7.12. The SMILES string of the molecule is CC[C@H]1CN(C(=O)c2cnc3[nH]ccc3c2)CCCO1. The van der Waals surface area contributed by atoms with Crippen molar-refractivity contribution >= 4 is 16.9 Å². The van der Waals surface area contributed by atoms with Gasteiger partial charge in [0.2, 0.25) is 0 Å². The fourth-order valence-electron chi connectivity index (χ4n) is 2.57. The number of nitrogens with zero attached hydrogens (tertiary/aromatic N) is 2. The third-order valence-electron chi connectivity index (χ3n) is 3.74. The van der Waals surface area contributed by atoms with Gasteiger partial charge in [0, 0.05) is 37.5 Å². The van der Waals surface area contributed by atoms with Crippen LogP contribution in [0, 0.1) is 0 Å². The molecule has 1 N–H and O–H groups in total. The molecule has 20 heavy (non-hydrogen) atoms. The second kappa shape index (κ2) is 5.63. The molecule has 1 atom stereocenters. The lowest BCUT2D eigenvalue weighted by Crippen LogP contribution is -2.36. The number of rotatable bonds is 2. The van der Waals surface area contributed by atoms with Gasteiger partial charge in [-0.2, -0.15) is 0 Å². The maximum Gasteiger partial charge on any atom is 0.255 e. The van der Waals surface area contributed by atoms with Crippen molar-refractivity contribution in [3.8, 4) is 0 Å². The van der Waals surface area contributed by atoms with Crippen LogP contribution >= 0.6 is 0 Å². The van der Waals surface area contributed by atoms with E-state index >= 15 is 0 Å². The molecule has 1 saturated heterocycles. The Hall–Kier alpha value is -1.88. The molecule has 1 aliphatic heterocycles. The zero-order valence-corrected chi connectivity index (χ0v) is 11.6. The number of fused-ring (bicyclic) bond motifs is 1. The lowest BCUT2D eigenvalue weighted by atomic mass is 10.2. The van der Waals surface area contributed by atoms with E-state index in [0.29, 0.717) is 12.1 Å². The van der Waals surface area contributed by atoms with Crippen molar-refractivity contribution in [2.45, 2.75) is 25.9 Å². The first-order chi connectivity index (χ1) is 9.78. The Labute approximate surface area is 117 Å². The predicted molar refractivity (Wildman–Crippen MR) is 76.6 cm³/mol. The highest BCUT2D eigenvalue weighted by Gasteiger charge is 2.22. The normalized spacial score (nSPS) is 20.1. The van der Waals surface area contributed by atoms with Crippen molar-refractivity contribution in [2.24, 2.45) is 0 Å². The van der Waals surface area contributed by atoms with Gasteiger partial charge in [-0.15, -0.1) is 0 Å². The highest BCUT2D eigenvalue weighted by Crippen LogP contribution is 2.16. The summed E-state index contributed by atoms with van der Waals surface area (Å²) < 4.78 is 5.71. The Morgan fingerprint density at radius 2 is 2.50 bits per heavy atom. The van der Waals surface area contributed by atoms with Gasteiger partial charge in [0.15, 0.2) is 0 Å². The molecule has 1 amide bonds. The number of pyridine rings is 1. The van der Waals surface area contributed by atoms with Gasteiger partial charge < -0.3 is 14.6 Å². The molecule has 0 radical (unpaired) electrons. The highest BCUT2D eigenvalue weighted by molar-refractivity contribution is 5.96. The standard InChI is InChI=1S/C15H19N3O2/c1-2-13-10-18(6-3-7-20-13)15(19)12-8-11-4-5-16-14(11)17-9-12/h4-5,8-9,13H,2-3,6-7,10H2,1H3,(H,16,17)/t13-/m0/s1. The van der Waals surface area contributed by atoms with E-state index < -0.39 is 0 Å². The van der Waals surface area contributed by atoms with Crippen LogP contribution in [0.25, 0.3) is 11.0 Å². The van der Waals surface area contributed by atoms with Crippen LogP contribution in [0.5, 0.6) is 0 Å². The molecule has 5 heteroatoms. The van der Waals surface area contributed by atoms with E-state index in [9.17, 15) is 4.79 Å². The van der Waals surface area contributed by atoms with Crippen molar-refractivity contribution in [2.75, 3.05) is 19.7 Å². The number of carbonyl (C=O) groups excluding carboxylic acids is 1. The number of carbonyl (C=O) groups is 1. The summed E-state index contributed by atoms with van der Waals surface area (Å²) >= 11 is 0. The predicted octanol–water partition coefficient (Wildman–Crippen LogP) is 2.20. The molecule has 5 nitrogen and oxygen atoms in total. The average Bonchev–Trinajstić information content (AvgIpc) is 2.81. The number of hydrogen-bond acceptors (Lipinski definition) is 3. The molecule has 0 aromatic carbocycles. The summed E-state index contributed by atoms with van der Waals surface area (Å²) in [5, 5.41) is 0.967. The van der Waals surface area contributed by atoms with Gasteiger partial charge in [-0.25, -0.2) is 4.98 Å². The summed E-state index contributed by atoms with van der Waals surface area (Å²) in [4.78, 5) is 21.8. The van der Waals surface area contributed by atoms with E-state index in [1.54, 1.807) is 6.20 Å². The molecular weight excluding hydrogens is 254 g/mol. The summed E-state index contributed by atoms with van der Waals surface area (Å²) in [6.45, 7) is 4.24. The molecule has 0 bridgehead atoms. The fraction of sp³-hybridized carbons (Fsp3) is 0.467. The van der Waals surface area contributed by atoms with Crippen LogP contribution in [-0.4, -0.2) is 46.6 Å². The van der Waals surface area contributed by atoms with Gasteiger partial charge in [-0.05, 0) is 25.0 Å². The van der Waals surface area contributed by atoms with Gasteiger partial charge in [0.25, 0.3) is 5.91 Å². The van der Waals surface area contributed by atoms with Gasteiger partial charge in [-0.3, -0.25) is 4.79 Å². The molecule has 0 aliphatic carbocycles. The van der Waals surface area contributed by atoms with Crippen molar-refractivity contribution in [1.82, 2.24) is 14.9 Å². The molecule has 2 aromatic rings. The maximum absolute atomic E-state index is 12.6. The van der Waals surface area contributed by atoms with Gasteiger partial charge in [-0.1, -0.05) is 6.92 Å². The van der Waals surface area contributed by atoms with Crippen LogP contribution in [0.15, 0.2) is 24.5 Å². The first kappa shape index (κ1) is 13.1. The second-order valence-electron chi connectivity index (χ2n) is 5.15. The van der Waals surface area contributed by atoms with Crippen LogP contribution in [0.3, 0.4) is 0 Å². The molecule has 0 saturated carbocycles. The first-order valence-electron chi connectivity index (χ1n) is 7.12. The molecule has 0 unspecified atom stereocenters. The zero-order chi connectivity index (χ0) is 13.9. The van der Waals surface area contributed by atoms with Crippen molar-refractivity contribution < 1.29 is 9.53 Å². The summed E-state index contributed by atoms with van der Waals surface area (Å²) in [7, 11) is 0. The van der Waals surface area contributed by atoms with Crippen LogP contribution in [0.4, 0.5) is 0 Å². The third-order valence-corrected chi connectivity index (χ3v) is 3.74. The van der Waals surface area contributed by atoms with E-state index in [2.05, 4.69) is 16.9 Å². The minimum absolute atomic E-state index is 0.0459. The Bertz CT molecular complexity index is 608. The lowest BCUT2D eigenvalue weighted by Gasteiger charge is -2.23. The number of nitrogens with one attached hydrogen (secondary N) is 1. The fourth-order valence-corrected chi connectivity index (χ4v) is 2.57. The summed E-state index contributed by atoms with van der Waals surface area (Å²) in [5.74, 6) is 0.0459. The van der Waals surface area contributed by atoms with Gasteiger partial charge in [0.1, 0.15) is 5.65 Å². The summed E-state index contributed by atoms with van der Waals surface area (Å²) in [5.41, 5.74) is 1.46. The van der Waals surface area contributed by atoms with Crippen molar-refractivity contribution in [1.29, 1.82) is 0 Å². The van der Waals surface area contributed by atoms with Gasteiger partial charge in [0.05, 0.1) is 11.7 Å². The minimum Gasteiger partial charge on any atom is -0.376 e. The van der Waals surface area contributed by atoms with E-state index in [1.165, 1.54) is 0 Å². The van der Waals surface area contributed by atoms with E-state index in [-0.39, 0.29) is 12.0 Å². The van der Waals surface area contributed by atoms with Crippen molar-refractivity contribution in [3.05, 3.63) is 30.1 Å². The Balaban J connectivity index is 1.82. The molecule has 1 aliphatic rings. The molecule has 3 rings (SSSR count). The topological polar surface area (TPSA) is 58.2 Å². The second-order valence-corrected chi connectivity index (χ2v) is 5.15. The summed E-state index contributed by atoms with van der Waals surface area (Å²) in [6.07, 6.45) is 5.44. The molecule has 0 spiro atoms. The molecule has 106 valence electrons. The van der Waals surface area contributed by atoms with Crippen LogP contribution in [-0.2, 0) is 4.74 Å². The molecule has 3 heterocycles. The Morgan fingerprint density at radius 3 is 3.35 bits per heavy atom. The minimum atomic E-state index is 0.0459. The van der Waals surface area contributed by atoms with E-state index in [4.69, 9.17) is 4.74 Å².